The van der Waals surface area contributed by atoms with Gasteiger partial charge in [-0.15, -0.1) is 0 Å². The van der Waals surface area contributed by atoms with Gasteiger partial charge in [-0.1, -0.05) is 0 Å². The SMILES string of the molecule is CC(Nc1snc(N)c1C(=O)NC1CC1)c1ccncc1. The molecule has 2 heterocycles. The smallest absolute Gasteiger partial charge is 0.258 e. The van der Waals surface area contributed by atoms with Gasteiger partial charge >= 0.3 is 0 Å². The summed E-state index contributed by atoms with van der Waals surface area (Å²) in [4.78, 5) is 16.2. The van der Waals surface area contributed by atoms with Crippen molar-refractivity contribution in [1.29, 1.82) is 0 Å². The fraction of sp³-hybridized carbons (Fsp3) is 0.357. The van der Waals surface area contributed by atoms with Crippen LogP contribution in [-0.4, -0.2) is 21.3 Å². The van der Waals surface area contributed by atoms with Crippen LogP contribution in [0.4, 0.5) is 10.8 Å². The van der Waals surface area contributed by atoms with Gasteiger partial charge in [0.15, 0.2) is 5.82 Å². The first kappa shape index (κ1) is 13.8. The van der Waals surface area contributed by atoms with E-state index in [1.165, 1.54) is 11.5 Å². The van der Waals surface area contributed by atoms with E-state index in [-0.39, 0.29) is 17.8 Å². The lowest BCUT2D eigenvalue weighted by atomic mass is 10.1. The predicted octanol–water partition coefficient (Wildman–Crippen LogP) is 2.19. The molecule has 0 aliphatic heterocycles. The van der Waals surface area contributed by atoms with Crippen molar-refractivity contribution in [3.05, 3.63) is 35.7 Å². The number of anilines is 2. The first-order valence-electron chi connectivity index (χ1n) is 6.87. The number of pyridine rings is 1. The summed E-state index contributed by atoms with van der Waals surface area (Å²) in [7, 11) is 0. The Kier molecular flexibility index (Phi) is 3.74. The molecular formula is C14H17N5OS. The van der Waals surface area contributed by atoms with Crippen molar-refractivity contribution in [3.63, 3.8) is 0 Å². The summed E-state index contributed by atoms with van der Waals surface area (Å²) in [6.07, 6.45) is 5.57. The van der Waals surface area contributed by atoms with E-state index in [0.717, 1.165) is 18.4 Å². The monoisotopic (exact) mass is 303 g/mol. The number of amides is 1. The number of aromatic nitrogens is 2. The highest BCUT2D eigenvalue weighted by atomic mass is 32.1. The Balaban J connectivity index is 1.77. The summed E-state index contributed by atoms with van der Waals surface area (Å²) >= 11 is 1.21. The first-order chi connectivity index (χ1) is 10.1. The molecule has 7 heteroatoms. The lowest BCUT2D eigenvalue weighted by molar-refractivity contribution is 0.0953. The second-order valence-electron chi connectivity index (χ2n) is 5.17. The van der Waals surface area contributed by atoms with Gasteiger partial charge in [-0.25, -0.2) is 0 Å². The Morgan fingerprint density at radius 1 is 1.43 bits per heavy atom. The van der Waals surface area contributed by atoms with Crippen LogP contribution in [0, 0.1) is 0 Å². The van der Waals surface area contributed by atoms with E-state index >= 15 is 0 Å². The van der Waals surface area contributed by atoms with Gasteiger partial charge in [-0.3, -0.25) is 9.78 Å². The maximum Gasteiger partial charge on any atom is 0.258 e. The third-order valence-electron chi connectivity index (χ3n) is 3.41. The Hall–Kier alpha value is -2.15. The second kappa shape index (κ2) is 5.69. The number of rotatable bonds is 5. The molecule has 21 heavy (non-hydrogen) atoms. The van der Waals surface area contributed by atoms with Gasteiger partial charge in [-0.05, 0) is 49.0 Å². The number of hydrogen-bond donors (Lipinski definition) is 3. The van der Waals surface area contributed by atoms with Gasteiger partial charge in [0.25, 0.3) is 5.91 Å². The van der Waals surface area contributed by atoms with E-state index in [2.05, 4.69) is 20.0 Å². The van der Waals surface area contributed by atoms with Crippen LogP contribution in [0.5, 0.6) is 0 Å². The van der Waals surface area contributed by atoms with Crippen LogP contribution >= 0.6 is 11.5 Å². The molecule has 0 radical (unpaired) electrons. The molecule has 1 amide bonds. The zero-order chi connectivity index (χ0) is 14.8. The fourth-order valence-electron chi connectivity index (χ4n) is 2.04. The maximum absolute atomic E-state index is 12.2. The van der Waals surface area contributed by atoms with Crippen LogP contribution in [0.25, 0.3) is 0 Å². The highest BCUT2D eigenvalue weighted by molar-refractivity contribution is 7.11. The minimum absolute atomic E-state index is 0.0420. The van der Waals surface area contributed by atoms with Crippen molar-refractivity contribution >= 4 is 28.3 Å². The number of carbonyl (C=O) groups is 1. The normalized spacial score (nSPS) is 15.5. The van der Waals surface area contributed by atoms with Crippen LogP contribution < -0.4 is 16.4 Å². The van der Waals surface area contributed by atoms with Gasteiger partial charge in [-0.2, -0.15) is 4.37 Å². The zero-order valence-electron chi connectivity index (χ0n) is 11.7. The highest BCUT2D eigenvalue weighted by Gasteiger charge is 2.27. The molecule has 1 atom stereocenters. The van der Waals surface area contributed by atoms with Gasteiger partial charge in [0, 0.05) is 24.5 Å². The van der Waals surface area contributed by atoms with E-state index in [0.29, 0.717) is 16.6 Å². The van der Waals surface area contributed by atoms with Crippen molar-refractivity contribution in [2.24, 2.45) is 0 Å². The fourth-order valence-corrected chi connectivity index (χ4v) is 2.84. The summed E-state index contributed by atoms with van der Waals surface area (Å²) in [5, 5.41) is 6.96. The van der Waals surface area contributed by atoms with Crippen molar-refractivity contribution in [2.45, 2.75) is 31.8 Å². The minimum atomic E-state index is -0.145. The van der Waals surface area contributed by atoms with Crippen molar-refractivity contribution < 1.29 is 4.79 Å². The van der Waals surface area contributed by atoms with Gasteiger partial charge < -0.3 is 16.4 Å². The van der Waals surface area contributed by atoms with E-state index in [9.17, 15) is 4.79 Å². The van der Waals surface area contributed by atoms with Crippen molar-refractivity contribution in [3.8, 4) is 0 Å². The molecule has 3 rings (SSSR count). The van der Waals surface area contributed by atoms with Gasteiger partial charge in [0.05, 0.1) is 0 Å². The van der Waals surface area contributed by atoms with E-state index in [4.69, 9.17) is 5.73 Å². The average Bonchev–Trinajstić information content (AvgIpc) is 3.22. The summed E-state index contributed by atoms with van der Waals surface area (Å²) in [5.41, 5.74) is 7.38. The van der Waals surface area contributed by atoms with Crippen LogP contribution in [-0.2, 0) is 0 Å². The number of nitrogens with zero attached hydrogens (tertiary/aromatic N) is 2. The number of nitrogens with one attached hydrogen (secondary N) is 2. The molecule has 0 bridgehead atoms. The molecule has 0 aromatic carbocycles. The van der Waals surface area contributed by atoms with Crippen LogP contribution in [0.3, 0.4) is 0 Å². The number of nitrogen functional groups attached to an aromatic ring is 1. The lowest BCUT2D eigenvalue weighted by Gasteiger charge is -2.15. The summed E-state index contributed by atoms with van der Waals surface area (Å²) < 4.78 is 4.10. The molecule has 2 aromatic heterocycles. The molecule has 0 spiro atoms. The maximum atomic E-state index is 12.2. The summed E-state index contributed by atoms with van der Waals surface area (Å²) in [6, 6.07) is 4.21. The van der Waals surface area contributed by atoms with Gasteiger partial charge in [0.1, 0.15) is 10.6 Å². The van der Waals surface area contributed by atoms with E-state index < -0.39 is 0 Å². The van der Waals surface area contributed by atoms with Crippen LogP contribution in [0.15, 0.2) is 24.5 Å². The van der Waals surface area contributed by atoms with E-state index in [1.54, 1.807) is 12.4 Å². The summed E-state index contributed by atoms with van der Waals surface area (Å²) in [5.74, 6) is 0.135. The Morgan fingerprint density at radius 2 is 2.14 bits per heavy atom. The molecule has 4 N–H and O–H groups in total. The Bertz CT molecular complexity index is 638. The quantitative estimate of drug-likeness (QED) is 0.787. The molecule has 110 valence electrons. The largest absolute Gasteiger partial charge is 0.382 e. The van der Waals surface area contributed by atoms with Gasteiger partial charge in [0.2, 0.25) is 0 Å². The molecule has 1 unspecified atom stereocenters. The van der Waals surface area contributed by atoms with Crippen molar-refractivity contribution in [2.75, 3.05) is 11.1 Å². The molecule has 1 saturated carbocycles. The molecule has 6 nitrogen and oxygen atoms in total. The first-order valence-corrected chi connectivity index (χ1v) is 7.65. The second-order valence-corrected chi connectivity index (χ2v) is 5.94. The third kappa shape index (κ3) is 3.13. The Labute approximate surface area is 126 Å². The number of hydrogen-bond acceptors (Lipinski definition) is 6. The molecule has 1 fully saturated rings. The predicted molar refractivity (Wildman–Crippen MR) is 83.3 cm³/mol. The third-order valence-corrected chi connectivity index (χ3v) is 4.20. The molecule has 1 aliphatic carbocycles. The lowest BCUT2D eigenvalue weighted by Crippen LogP contribution is -2.26. The zero-order valence-corrected chi connectivity index (χ0v) is 12.5. The topological polar surface area (TPSA) is 92.9 Å². The van der Waals surface area contributed by atoms with Crippen molar-refractivity contribution in [1.82, 2.24) is 14.7 Å². The molecule has 2 aromatic rings. The highest BCUT2D eigenvalue weighted by Crippen LogP contribution is 2.31. The number of carbonyl (C=O) groups excluding carboxylic acids is 1. The molecule has 0 saturated heterocycles. The molecule has 1 aliphatic rings. The van der Waals surface area contributed by atoms with E-state index in [1.807, 2.05) is 19.1 Å². The average molecular weight is 303 g/mol. The van der Waals surface area contributed by atoms with Crippen LogP contribution in [0.1, 0.15) is 41.7 Å². The van der Waals surface area contributed by atoms with Crippen LogP contribution in [0.2, 0.25) is 0 Å². The standard InChI is InChI=1S/C14H17N5OS/c1-8(9-4-6-16-7-5-9)17-14-11(12(15)19-21-14)13(20)18-10-2-3-10/h4-8,10,17H,2-3H2,1H3,(H2,15,19)(H,18,20). The molecular weight excluding hydrogens is 286 g/mol. The summed E-state index contributed by atoms with van der Waals surface area (Å²) in [6.45, 7) is 2.02. The Morgan fingerprint density at radius 3 is 2.81 bits per heavy atom. The minimum Gasteiger partial charge on any atom is -0.382 e. The number of nitrogens with two attached hydrogens (primary N) is 1.